The molecule has 1 heterocycles. The zero-order valence-corrected chi connectivity index (χ0v) is 10.6. The van der Waals surface area contributed by atoms with Gasteiger partial charge in [0.2, 0.25) is 0 Å². The number of nitro benzene ring substituents is 1. The molecule has 0 aliphatic heterocycles. The van der Waals surface area contributed by atoms with Gasteiger partial charge in [0.1, 0.15) is 0 Å². The van der Waals surface area contributed by atoms with Crippen LogP contribution in [0.25, 0.3) is 5.69 Å². The summed E-state index contributed by atoms with van der Waals surface area (Å²) in [7, 11) is 0. The highest BCUT2D eigenvalue weighted by molar-refractivity contribution is 9.10. The maximum atomic E-state index is 10.6. The van der Waals surface area contributed by atoms with Gasteiger partial charge < -0.3 is 0 Å². The van der Waals surface area contributed by atoms with Crippen LogP contribution in [-0.4, -0.2) is 25.1 Å². The van der Waals surface area contributed by atoms with Crippen LogP contribution in [-0.2, 0) is 5.88 Å². The van der Waals surface area contributed by atoms with Crippen LogP contribution in [0.15, 0.2) is 22.7 Å². The SMILES string of the molecule is O=[N+]([O-])c1ccc(-n2nnnc2CCl)c(Br)c1. The van der Waals surface area contributed by atoms with Gasteiger partial charge in [0.05, 0.1) is 21.0 Å². The maximum absolute atomic E-state index is 10.6. The third kappa shape index (κ3) is 2.27. The Balaban J connectivity index is 2.50. The summed E-state index contributed by atoms with van der Waals surface area (Å²) >= 11 is 8.91. The van der Waals surface area contributed by atoms with Crippen molar-refractivity contribution >= 4 is 33.2 Å². The van der Waals surface area contributed by atoms with Gasteiger partial charge >= 0.3 is 0 Å². The molecule has 7 nitrogen and oxygen atoms in total. The number of tetrazole rings is 1. The van der Waals surface area contributed by atoms with Crippen LogP contribution in [0, 0.1) is 10.1 Å². The van der Waals surface area contributed by atoms with Crippen molar-refractivity contribution in [1.82, 2.24) is 20.2 Å². The number of nitro groups is 1. The molecule has 0 fully saturated rings. The highest BCUT2D eigenvalue weighted by Crippen LogP contribution is 2.26. The summed E-state index contributed by atoms with van der Waals surface area (Å²) in [5.41, 5.74) is 0.581. The topological polar surface area (TPSA) is 86.7 Å². The molecule has 0 amide bonds. The number of hydrogen-bond donors (Lipinski definition) is 0. The highest BCUT2D eigenvalue weighted by atomic mass is 79.9. The smallest absolute Gasteiger partial charge is 0.258 e. The molecule has 0 aliphatic carbocycles. The molecule has 0 saturated heterocycles. The molecule has 2 aromatic rings. The van der Waals surface area contributed by atoms with Crippen molar-refractivity contribution in [2.45, 2.75) is 5.88 Å². The van der Waals surface area contributed by atoms with Crippen LogP contribution in [0.5, 0.6) is 0 Å². The van der Waals surface area contributed by atoms with Gasteiger partial charge in [-0.2, -0.15) is 4.68 Å². The Bertz CT molecular complexity index is 573. The number of nitrogens with zero attached hydrogens (tertiary/aromatic N) is 5. The average molecular weight is 319 g/mol. The number of rotatable bonds is 3. The highest BCUT2D eigenvalue weighted by Gasteiger charge is 2.14. The second kappa shape index (κ2) is 4.76. The Labute approximate surface area is 109 Å². The molecule has 0 N–H and O–H groups in total. The summed E-state index contributed by atoms with van der Waals surface area (Å²) in [4.78, 5) is 10.1. The number of aromatic nitrogens is 4. The lowest BCUT2D eigenvalue weighted by Gasteiger charge is -2.04. The first-order chi connectivity index (χ1) is 8.13. The number of hydrogen-bond acceptors (Lipinski definition) is 5. The fourth-order valence-electron chi connectivity index (χ4n) is 1.26. The summed E-state index contributed by atoms with van der Waals surface area (Å²) in [6, 6.07) is 4.31. The standard InChI is InChI=1S/C8H5BrClN5O2/c9-6-3-5(15(16)17)1-2-7(6)14-8(4-10)11-12-13-14/h1-3H,4H2. The molecule has 0 aliphatic rings. The lowest BCUT2D eigenvalue weighted by molar-refractivity contribution is -0.384. The Hall–Kier alpha value is -1.54. The molecule has 2 rings (SSSR count). The van der Waals surface area contributed by atoms with Gasteiger partial charge in [0.15, 0.2) is 5.82 Å². The van der Waals surface area contributed by atoms with Crippen molar-refractivity contribution in [3.05, 3.63) is 38.6 Å². The predicted molar refractivity (Wildman–Crippen MR) is 63.1 cm³/mol. The molecule has 0 unspecified atom stereocenters. The van der Waals surface area contributed by atoms with Crippen LogP contribution >= 0.6 is 27.5 Å². The van der Waals surface area contributed by atoms with E-state index >= 15 is 0 Å². The van der Waals surface area contributed by atoms with Crippen LogP contribution < -0.4 is 0 Å². The summed E-state index contributed by atoms with van der Waals surface area (Å²) in [6.45, 7) is 0. The number of halogens is 2. The van der Waals surface area contributed by atoms with Crippen molar-refractivity contribution in [1.29, 1.82) is 0 Å². The zero-order valence-electron chi connectivity index (χ0n) is 8.25. The number of benzene rings is 1. The summed E-state index contributed by atoms with van der Waals surface area (Å²) < 4.78 is 1.94. The van der Waals surface area contributed by atoms with E-state index in [0.717, 1.165) is 0 Å². The fraction of sp³-hybridized carbons (Fsp3) is 0.125. The quantitative estimate of drug-likeness (QED) is 0.491. The first-order valence-electron chi connectivity index (χ1n) is 4.41. The van der Waals surface area contributed by atoms with Gasteiger partial charge in [-0.15, -0.1) is 16.7 Å². The first-order valence-corrected chi connectivity index (χ1v) is 5.73. The van der Waals surface area contributed by atoms with Gasteiger partial charge in [-0.05, 0) is 32.4 Å². The van der Waals surface area contributed by atoms with E-state index in [1.807, 2.05) is 0 Å². The molecule has 1 aromatic carbocycles. The van der Waals surface area contributed by atoms with Gasteiger partial charge in [-0.25, -0.2) is 0 Å². The molecule has 1 aromatic heterocycles. The Morgan fingerprint density at radius 3 is 2.88 bits per heavy atom. The van der Waals surface area contributed by atoms with Crippen molar-refractivity contribution in [3.8, 4) is 5.69 Å². The third-order valence-electron chi connectivity index (χ3n) is 2.02. The molecule has 0 spiro atoms. The molecule has 17 heavy (non-hydrogen) atoms. The van der Waals surface area contributed by atoms with E-state index in [4.69, 9.17) is 11.6 Å². The maximum Gasteiger partial charge on any atom is 0.270 e. The lowest BCUT2D eigenvalue weighted by atomic mass is 10.3. The minimum absolute atomic E-state index is 0.0128. The van der Waals surface area contributed by atoms with Gasteiger partial charge in [0.25, 0.3) is 5.69 Å². The molecular formula is C8H5BrClN5O2. The minimum atomic E-state index is -0.476. The van der Waals surface area contributed by atoms with Crippen molar-refractivity contribution in [2.24, 2.45) is 0 Å². The van der Waals surface area contributed by atoms with Crippen molar-refractivity contribution in [3.63, 3.8) is 0 Å². The van der Waals surface area contributed by atoms with Gasteiger partial charge in [0, 0.05) is 12.1 Å². The van der Waals surface area contributed by atoms with E-state index in [1.165, 1.54) is 16.8 Å². The molecule has 0 atom stereocenters. The van der Waals surface area contributed by atoms with E-state index in [9.17, 15) is 10.1 Å². The lowest BCUT2D eigenvalue weighted by Crippen LogP contribution is -2.02. The Morgan fingerprint density at radius 1 is 1.53 bits per heavy atom. The van der Waals surface area contributed by atoms with E-state index in [-0.39, 0.29) is 11.6 Å². The predicted octanol–water partition coefficient (Wildman–Crippen LogP) is 2.07. The molecule has 0 radical (unpaired) electrons. The second-order valence-electron chi connectivity index (χ2n) is 3.03. The van der Waals surface area contributed by atoms with Crippen LogP contribution in [0.3, 0.4) is 0 Å². The van der Waals surface area contributed by atoms with E-state index in [1.54, 1.807) is 6.07 Å². The third-order valence-corrected chi connectivity index (χ3v) is 2.90. The fourth-order valence-corrected chi connectivity index (χ4v) is 1.96. The van der Waals surface area contributed by atoms with Crippen LogP contribution in [0.2, 0.25) is 0 Å². The zero-order chi connectivity index (χ0) is 12.4. The molecule has 0 bridgehead atoms. The summed E-state index contributed by atoms with van der Waals surface area (Å²) in [6.07, 6.45) is 0. The summed E-state index contributed by atoms with van der Waals surface area (Å²) in [5.74, 6) is 0.609. The van der Waals surface area contributed by atoms with Gasteiger partial charge in [-0.3, -0.25) is 10.1 Å². The van der Waals surface area contributed by atoms with E-state index < -0.39 is 4.92 Å². The van der Waals surface area contributed by atoms with Gasteiger partial charge in [-0.1, -0.05) is 0 Å². The average Bonchev–Trinajstić information content (AvgIpc) is 2.76. The molecule has 88 valence electrons. The van der Waals surface area contributed by atoms with E-state index in [0.29, 0.717) is 16.0 Å². The second-order valence-corrected chi connectivity index (χ2v) is 4.15. The van der Waals surface area contributed by atoms with Crippen LogP contribution in [0.1, 0.15) is 5.82 Å². The largest absolute Gasteiger partial charge is 0.270 e. The molecule has 0 saturated carbocycles. The first kappa shape index (κ1) is 11.9. The van der Waals surface area contributed by atoms with Crippen LogP contribution in [0.4, 0.5) is 5.69 Å². The molecular weight excluding hydrogens is 313 g/mol. The summed E-state index contributed by atoms with van der Waals surface area (Å²) in [5, 5.41) is 21.6. The van der Waals surface area contributed by atoms with Crippen molar-refractivity contribution in [2.75, 3.05) is 0 Å². The molecule has 9 heteroatoms. The Kier molecular flexibility index (Phi) is 3.34. The number of alkyl halides is 1. The van der Waals surface area contributed by atoms with E-state index in [2.05, 4.69) is 31.5 Å². The monoisotopic (exact) mass is 317 g/mol. The normalized spacial score (nSPS) is 10.5. The number of non-ortho nitro benzene ring substituents is 1. The minimum Gasteiger partial charge on any atom is -0.258 e. The van der Waals surface area contributed by atoms with Crippen molar-refractivity contribution < 1.29 is 4.92 Å². The Morgan fingerprint density at radius 2 is 2.29 bits per heavy atom.